The number of nitrogens with zero attached hydrogens (tertiary/aromatic N) is 1. The third-order valence-corrected chi connectivity index (χ3v) is 3.04. The lowest BCUT2D eigenvalue weighted by Gasteiger charge is -2.05. The van der Waals surface area contributed by atoms with E-state index in [9.17, 15) is 9.59 Å². The van der Waals surface area contributed by atoms with E-state index in [0.717, 1.165) is 5.56 Å². The molecule has 0 fully saturated rings. The van der Waals surface area contributed by atoms with Gasteiger partial charge in [0.15, 0.2) is 0 Å². The van der Waals surface area contributed by atoms with Crippen molar-refractivity contribution < 1.29 is 9.59 Å². The van der Waals surface area contributed by atoms with Crippen LogP contribution < -0.4 is 10.7 Å². The normalized spacial score (nSPS) is 10.9. The number of hydrogen-bond donors (Lipinski definition) is 2. The van der Waals surface area contributed by atoms with Gasteiger partial charge in [0.25, 0.3) is 0 Å². The van der Waals surface area contributed by atoms with Crippen LogP contribution in [0.2, 0.25) is 5.02 Å². The molecule has 0 aliphatic rings. The predicted molar refractivity (Wildman–Crippen MR) is 86.9 cm³/mol. The molecule has 0 saturated heterocycles. The Kier molecular flexibility index (Phi) is 5.27. The van der Waals surface area contributed by atoms with Crippen molar-refractivity contribution in [1.82, 2.24) is 5.43 Å². The average molecular weight is 316 g/mol. The first-order valence-electron chi connectivity index (χ1n) is 6.53. The summed E-state index contributed by atoms with van der Waals surface area (Å²) in [6.07, 6.45) is 0. The Hall–Kier alpha value is -2.66. The number of benzene rings is 2. The van der Waals surface area contributed by atoms with Crippen LogP contribution in [0.4, 0.5) is 5.69 Å². The van der Waals surface area contributed by atoms with Gasteiger partial charge in [0, 0.05) is 10.7 Å². The molecular formula is C16H14ClN3O2. The SMILES string of the molecule is CC(=NNC(=O)C(=O)Nc1cccc(Cl)c1)c1ccccc1. The van der Waals surface area contributed by atoms with Crippen molar-refractivity contribution in [3.8, 4) is 0 Å². The Morgan fingerprint density at radius 1 is 1.00 bits per heavy atom. The minimum absolute atomic E-state index is 0.441. The Morgan fingerprint density at radius 3 is 2.41 bits per heavy atom. The molecule has 2 rings (SSSR count). The standard InChI is InChI=1S/C16H14ClN3O2/c1-11(12-6-3-2-4-7-12)19-20-16(22)15(21)18-14-9-5-8-13(17)10-14/h2-10H,1H3,(H,18,21)(H,20,22). The van der Waals surface area contributed by atoms with Crippen molar-refractivity contribution in [1.29, 1.82) is 0 Å². The molecule has 2 amide bonds. The van der Waals surface area contributed by atoms with Gasteiger partial charge in [-0.1, -0.05) is 48.0 Å². The van der Waals surface area contributed by atoms with Crippen LogP contribution in [0, 0.1) is 0 Å². The van der Waals surface area contributed by atoms with Gasteiger partial charge < -0.3 is 5.32 Å². The number of rotatable bonds is 3. The summed E-state index contributed by atoms with van der Waals surface area (Å²) in [4.78, 5) is 23.4. The molecule has 0 radical (unpaired) electrons. The summed E-state index contributed by atoms with van der Waals surface area (Å²) in [5.41, 5.74) is 4.12. The van der Waals surface area contributed by atoms with Crippen LogP contribution in [0.5, 0.6) is 0 Å². The lowest BCUT2D eigenvalue weighted by molar-refractivity contribution is -0.136. The van der Waals surface area contributed by atoms with E-state index in [1.807, 2.05) is 30.3 Å². The molecular weight excluding hydrogens is 302 g/mol. The number of amides is 2. The number of carbonyl (C=O) groups excluding carboxylic acids is 2. The molecule has 6 heteroatoms. The molecule has 0 aliphatic carbocycles. The molecule has 2 N–H and O–H groups in total. The zero-order valence-corrected chi connectivity index (χ0v) is 12.6. The summed E-state index contributed by atoms with van der Waals surface area (Å²) >= 11 is 5.80. The second-order valence-corrected chi connectivity index (χ2v) is 4.91. The zero-order valence-electron chi connectivity index (χ0n) is 11.8. The number of hydrazone groups is 1. The first-order valence-corrected chi connectivity index (χ1v) is 6.90. The maximum Gasteiger partial charge on any atom is 0.329 e. The summed E-state index contributed by atoms with van der Waals surface area (Å²) in [7, 11) is 0. The molecule has 0 spiro atoms. The van der Waals surface area contributed by atoms with Gasteiger partial charge in [-0.2, -0.15) is 5.10 Å². The van der Waals surface area contributed by atoms with Crippen molar-refractivity contribution in [2.45, 2.75) is 6.92 Å². The Balaban J connectivity index is 1.96. The molecule has 0 atom stereocenters. The van der Waals surface area contributed by atoms with E-state index in [2.05, 4.69) is 15.8 Å². The fourth-order valence-electron chi connectivity index (χ4n) is 1.68. The number of nitrogens with one attached hydrogen (secondary N) is 2. The number of halogens is 1. The zero-order chi connectivity index (χ0) is 15.9. The monoisotopic (exact) mass is 315 g/mol. The van der Waals surface area contributed by atoms with Crippen molar-refractivity contribution >= 4 is 34.8 Å². The van der Waals surface area contributed by atoms with E-state index in [0.29, 0.717) is 16.4 Å². The number of anilines is 1. The lowest BCUT2D eigenvalue weighted by Crippen LogP contribution is -2.32. The van der Waals surface area contributed by atoms with Crippen LogP contribution >= 0.6 is 11.6 Å². The molecule has 0 saturated carbocycles. The minimum atomic E-state index is -0.852. The molecule has 0 unspecified atom stereocenters. The van der Waals surface area contributed by atoms with Crippen molar-refractivity contribution in [2.24, 2.45) is 5.10 Å². The highest BCUT2D eigenvalue weighted by atomic mass is 35.5. The lowest BCUT2D eigenvalue weighted by atomic mass is 10.1. The fourth-order valence-corrected chi connectivity index (χ4v) is 1.87. The second kappa shape index (κ2) is 7.38. The molecule has 0 bridgehead atoms. The molecule has 2 aromatic rings. The van der Waals surface area contributed by atoms with E-state index >= 15 is 0 Å². The third kappa shape index (κ3) is 4.43. The van der Waals surface area contributed by atoms with Crippen LogP contribution in [0.1, 0.15) is 12.5 Å². The molecule has 22 heavy (non-hydrogen) atoms. The Bertz CT molecular complexity index is 714. The molecule has 112 valence electrons. The predicted octanol–water partition coefficient (Wildman–Crippen LogP) is 2.82. The van der Waals surface area contributed by atoms with Crippen LogP contribution in [0.15, 0.2) is 59.7 Å². The van der Waals surface area contributed by atoms with Crippen LogP contribution in [0.3, 0.4) is 0 Å². The summed E-state index contributed by atoms with van der Waals surface area (Å²) < 4.78 is 0. The largest absolute Gasteiger partial charge is 0.329 e. The first-order chi connectivity index (χ1) is 10.6. The molecule has 0 aliphatic heterocycles. The van der Waals surface area contributed by atoms with Crippen molar-refractivity contribution in [3.63, 3.8) is 0 Å². The van der Waals surface area contributed by atoms with E-state index in [-0.39, 0.29) is 0 Å². The molecule has 2 aromatic carbocycles. The van der Waals surface area contributed by atoms with Crippen LogP contribution in [0.25, 0.3) is 0 Å². The van der Waals surface area contributed by atoms with Crippen LogP contribution in [-0.4, -0.2) is 17.5 Å². The van der Waals surface area contributed by atoms with E-state index in [1.54, 1.807) is 31.2 Å². The number of hydrogen-bond acceptors (Lipinski definition) is 3. The summed E-state index contributed by atoms with van der Waals surface area (Å²) in [6, 6.07) is 15.9. The summed E-state index contributed by atoms with van der Waals surface area (Å²) in [6.45, 7) is 1.74. The third-order valence-electron chi connectivity index (χ3n) is 2.81. The average Bonchev–Trinajstić information content (AvgIpc) is 2.53. The summed E-state index contributed by atoms with van der Waals surface area (Å²) in [5, 5.41) is 6.81. The first kappa shape index (κ1) is 15.7. The minimum Gasteiger partial charge on any atom is -0.318 e. The van der Waals surface area contributed by atoms with Gasteiger partial charge in [-0.15, -0.1) is 0 Å². The number of carbonyl (C=O) groups is 2. The molecule has 0 aromatic heterocycles. The van der Waals surface area contributed by atoms with Gasteiger partial charge in [-0.3, -0.25) is 9.59 Å². The Morgan fingerprint density at radius 2 is 1.73 bits per heavy atom. The van der Waals surface area contributed by atoms with Gasteiger partial charge in [-0.05, 0) is 30.7 Å². The second-order valence-electron chi connectivity index (χ2n) is 4.47. The highest BCUT2D eigenvalue weighted by Gasteiger charge is 2.13. The molecule has 5 nitrogen and oxygen atoms in total. The maximum absolute atomic E-state index is 11.7. The maximum atomic E-state index is 11.7. The highest BCUT2D eigenvalue weighted by Crippen LogP contribution is 2.14. The van der Waals surface area contributed by atoms with Crippen molar-refractivity contribution in [3.05, 3.63) is 65.2 Å². The van der Waals surface area contributed by atoms with Crippen molar-refractivity contribution in [2.75, 3.05) is 5.32 Å². The van der Waals surface area contributed by atoms with Gasteiger partial charge in [0.2, 0.25) is 0 Å². The van der Waals surface area contributed by atoms with Gasteiger partial charge in [-0.25, -0.2) is 5.43 Å². The fraction of sp³-hybridized carbons (Fsp3) is 0.0625. The van der Waals surface area contributed by atoms with Gasteiger partial charge in [0.1, 0.15) is 0 Å². The van der Waals surface area contributed by atoms with Crippen LogP contribution in [-0.2, 0) is 9.59 Å². The van der Waals surface area contributed by atoms with E-state index < -0.39 is 11.8 Å². The molecule has 0 heterocycles. The topological polar surface area (TPSA) is 70.6 Å². The smallest absolute Gasteiger partial charge is 0.318 e. The van der Waals surface area contributed by atoms with Gasteiger partial charge in [0.05, 0.1) is 5.71 Å². The van der Waals surface area contributed by atoms with Gasteiger partial charge >= 0.3 is 11.8 Å². The van der Waals surface area contributed by atoms with E-state index in [4.69, 9.17) is 11.6 Å². The Labute approximate surface area is 133 Å². The quantitative estimate of drug-likeness (QED) is 0.519. The van der Waals surface area contributed by atoms with E-state index in [1.165, 1.54) is 0 Å². The summed E-state index contributed by atoms with van der Waals surface area (Å²) in [5.74, 6) is -1.66. The highest BCUT2D eigenvalue weighted by molar-refractivity contribution is 6.39.